The predicted molar refractivity (Wildman–Crippen MR) is 71.6 cm³/mol. The van der Waals surface area contributed by atoms with Gasteiger partial charge < -0.3 is 5.11 Å². The van der Waals surface area contributed by atoms with Gasteiger partial charge in [0.25, 0.3) is 0 Å². The Morgan fingerprint density at radius 2 is 1.61 bits per heavy atom. The lowest BCUT2D eigenvalue weighted by Gasteiger charge is -2.25. The molecule has 4 heteroatoms. The molecule has 0 atom stereocenters. The number of aliphatic carboxylic acids is 1. The molecule has 0 saturated heterocycles. The average molecular weight is 311 g/mol. The van der Waals surface area contributed by atoms with Crippen molar-refractivity contribution in [1.82, 2.24) is 0 Å². The third kappa shape index (κ3) is 2.80. The molecule has 3 nitrogen and oxygen atoms in total. The quantitative estimate of drug-likeness (QED) is 0.869. The molecule has 1 saturated carbocycles. The Balaban J connectivity index is 2.04. The molecule has 0 radical (unpaired) electrons. The van der Waals surface area contributed by atoms with Gasteiger partial charge in [0.15, 0.2) is 5.78 Å². The molecule has 18 heavy (non-hydrogen) atoms. The van der Waals surface area contributed by atoms with Crippen molar-refractivity contribution in [2.24, 2.45) is 11.8 Å². The first-order valence-electron chi connectivity index (χ1n) is 6.11. The van der Waals surface area contributed by atoms with Gasteiger partial charge in [-0.15, -0.1) is 0 Å². The van der Waals surface area contributed by atoms with E-state index in [1.165, 1.54) is 0 Å². The average Bonchev–Trinajstić information content (AvgIpc) is 2.38. The van der Waals surface area contributed by atoms with E-state index in [1.807, 2.05) is 24.3 Å². The summed E-state index contributed by atoms with van der Waals surface area (Å²) in [7, 11) is 0. The number of ketones is 1. The van der Waals surface area contributed by atoms with Crippen molar-refractivity contribution in [2.75, 3.05) is 0 Å². The standard InChI is InChI=1S/C14H15BrO3/c15-12-4-2-1-3-11(12)13(16)9-5-7-10(8-6-9)14(17)18/h1-4,9-10H,5-8H2,(H,17,18). The van der Waals surface area contributed by atoms with Crippen LogP contribution in [0.2, 0.25) is 0 Å². The number of rotatable bonds is 3. The third-order valence-electron chi connectivity index (χ3n) is 3.59. The molecule has 0 spiro atoms. The van der Waals surface area contributed by atoms with E-state index in [0.29, 0.717) is 31.2 Å². The summed E-state index contributed by atoms with van der Waals surface area (Å²) < 4.78 is 0.815. The number of carbonyl (C=O) groups excluding carboxylic acids is 1. The van der Waals surface area contributed by atoms with Gasteiger partial charge in [-0.05, 0) is 31.7 Å². The van der Waals surface area contributed by atoms with E-state index in [1.54, 1.807) is 0 Å². The van der Waals surface area contributed by atoms with Crippen LogP contribution in [0.5, 0.6) is 0 Å². The second-order valence-electron chi connectivity index (χ2n) is 4.73. The van der Waals surface area contributed by atoms with E-state index in [-0.39, 0.29) is 17.6 Å². The van der Waals surface area contributed by atoms with Gasteiger partial charge in [-0.3, -0.25) is 9.59 Å². The monoisotopic (exact) mass is 310 g/mol. The van der Waals surface area contributed by atoms with Crippen molar-refractivity contribution >= 4 is 27.7 Å². The molecule has 0 unspecified atom stereocenters. The molecular weight excluding hydrogens is 296 g/mol. The van der Waals surface area contributed by atoms with Crippen LogP contribution in [0, 0.1) is 11.8 Å². The van der Waals surface area contributed by atoms with Crippen molar-refractivity contribution in [3.63, 3.8) is 0 Å². The van der Waals surface area contributed by atoms with Gasteiger partial charge in [0.2, 0.25) is 0 Å². The normalized spacial score (nSPS) is 23.6. The minimum Gasteiger partial charge on any atom is -0.481 e. The van der Waals surface area contributed by atoms with Crippen molar-refractivity contribution in [3.8, 4) is 0 Å². The summed E-state index contributed by atoms with van der Waals surface area (Å²) in [6.45, 7) is 0. The summed E-state index contributed by atoms with van der Waals surface area (Å²) in [5, 5.41) is 8.93. The zero-order valence-corrected chi connectivity index (χ0v) is 11.5. The Labute approximate surface area is 114 Å². The lowest BCUT2D eigenvalue weighted by atomic mass is 9.78. The Bertz CT molecular complexity index is 462. The van der Waals surface area contributed by atoms with Crippen LogP contribution >= 0.6 is 15.9 Å². The Morgan fingerprint density at radius 3 is 2.17 bits per heavy atom. The maximum atomic E-state index is 12.3. The first-order chi connectivity index (χ1) is 8.59. The van der Waals surface area contributed by atoms with Gasteiger partial charge in [-0.1, -0.05) is 34.1 Å². The second-order valence-corrected chi connectivity index (χ2v) is 5.59. The zero-order chi connectivity index (χ0) is 13.1. The fourth-order valence-corrected chi connectivity index (χ4v) is 2.96. The second kappa shape index (κ2) is 5.65. The molecule has 0 amide bonds. The van der Waals surface area contributed by atoms with Crippen LogP contribution < -0.4 is 0 Å². The van der Waals surface area contributed by atoms with Gasteiger partial charge in [-0.2, -0.15) is 0 Å². The van der Waals surface area contributed by atoms with Crippen molar-refractivity contribution in [2.45, 2.75) is 25.7 Å². The first-order valence-corrected chi connectivity index (χ1v) is 6.90. The number of carboxylic acid groups (broad SMARTS) is 1. The lowest BCUT2D eigenvalue weighted by molar-refractivity contribution is -0.143. The predicted octanol–water partition coefficient (Wildman–Crippen LogP) is 3.52. The summed E-state index contributed by atoms with van der Waals surface area (Å²) in [5.74, 6) is -0.902. The fraction of sp³-hybridized carbons (Fsp3) is 0.429. The van der Waals surface area contributed by atoms with Crippen LogP contribution in [0.4, 0.5) is 0 Å². The maximum absolute atomic E-state index is 12.3. The lowest BCUT2D eigenvalue weighted by Crippen LogP contribution is -2.26. The van der Waals surface area contributed by atoms with Crippen molar-refractivity contribution < 1.29 is 14.7 Å². The highest BCUT2D eigenvalue weighted by Gasteiger charge is 2.30. The van der Waals surface area contributed by atoms with E-state index < -0.39 is 5.97 Å². The molecule has 1 aromatic rings. The van der Waals surface area contributed by atoms with E-state index in [9.17, 15) is 9.59 Å². The van der Waals surface area contributed by atoms with Crippen LogP contribution in [-0.4, -0.2) is 16.9 Å². The molecule has 1 aliphatic rings. The maximum Gasteiger partial charge on any atom is 0.306 e. The van der Waals surface area contributed by atoms with Gasteiger partial charge in [0.1, 0.15) is 0 Å². The number of carbonyl (C=O) groups is 2. The number of Topliss-reactive ketones (excluding diaryl/α,β-unsaturated/α-hetero) is 1. The van der Waals surface area contributed by atoms with E-state index >= 15 is 0 Å². The molecular formula is C14H15BrO3. The summed E-state index contributed by atoms with van der Waals surface area (Å²) in [5.41, 5.74) is 0.705. The zero-order valence-electron chi connectivity index (χ0n) is 9.93. The third-order valence-corrected chi connectivity index (χ3v) is 4.28. The minimum absolute atomic E-state index is 0.0284. The summed E-state index contributed by atoms with van der Waals surface area (Å²) >= 11 is 3.38. The van der Waals surface area contributed by atoms with E-state index in [2.05, 4.69) is 15.9 Å². The van der Waals surface area contributed by atoms with Crippen LogP contribution in [0.1, 0.15) is 36.0 Å². The van der Waals surface area contributed by atoms with E-state index in [4.69, 9.17) is 5.11 Å². The molecule has 0 bridgehead atoms. The molecule has 1 fully saturated rings. The van der Waals surface area contributed by atoms with Crippen LogP contribution in [0.3, 0.4) is 0 Å². The number of carboxylic acids is 1. The molecule has 0 aliphatic heterocycles. The minimum atomic E-state index is -0.734. The number of benzene rings is 1. The highest BCUT2D eigenvalue weighted by Crippen LogP contribution is 2.32. The molecule has 0 aromatic heterocycles. The number of halogens is 1. The fourth-order valence-electron chi connectivity index (χ4n) is 2.48. The molecule has 1 aliphatic carbocycles. The van der Waals surface area contributed by atoms with Crippen molar-refractivity contribution in [1.29, 1.82) is 0 Å². The van der Waals surface area contributed by atoms with Crippen LogP contribution in [0.25, 0.3) is 0 Å². The SMILES string of the molecule is O=C(O)C1CCC(C(=O)c2ccccc2Br)CC1. The number of hydrogen-bond donors (Lipinski definition) is 1. The number of hydrogen-bond acceptors (Lipinski definition) is 2. The first kappa shape index (κ1) is 13.3. The molecule has 0 heterocycles. The van der Waals surface area contributed by atoms with Crippen molar-refractivity contribution in [3.05, 3.63) is 34.3 Å². The highest BCUT2D eigenvalue weighted by molar-refractivity contribution is 9.10. The molecule has 96 valence electrons. The van der Waals surface area contributed by atoms with Gasteiger partial charge in [-0.25, -0.2) is 0 Å². The van der Waals surface area contributed by atoms with Crippen LogP contribution in [-0.2, 0) is 4.79 Å². The largest absolute Gasteiger partial charge is 0.481 e. The molecule has 1 aromatic carbocycles. The van der Waals surface area contributed by atoms with Gasteiger partial charge in [0.05, 0.1) is 5.92 Å². The Morgan fingerprint density at radius 1 is 1.06 bits per heavy atom. The summed E-state index contributed by atoms with van der Waals surface area (Å²) in [6, 6.07) is 7.40. The Kier molecular flexibility index (Phi) is 4.17. The van der Waals surface area contributed by atoms with Gasteiger partial charge in [0, 0.05) is 16.0 Å². The topological polar surface area (TPSA) is 54.4 Å². The van der Waals surface area contributed by atoms with E-state index in [0.717, 1.165) is 4.47 Å². The van der Waals surface area contributed by atoms with Gasteiger partial charge >= 0.3 is 5.97 Å². The smallest absolute Gasteiger partial charge is 0.306 e. The Hall–Kier alpha value is -1.16. The molecule has 1 N–H and O–H groups in total. The summed E-state index contributed by atoms with van der Waals surface area (Å²) in [6.07, 6.45) is 2.57. The summed E-state index contributed by atoms with van der Waals surface area (Å²) in [4.78, 5) is 23.2. The molecule has 2 rings (SSSR count). The highest BCUT2D eigenvalue weighted by atomic mass is 79.9. The van der Waals surface area contributed by atoms with Crippen LogP contribution in [0.15, 0.2) is 28.7 Å².